The smallest absolute Gasteiger partial charge is 0.244 e. The molecule has 0 atom stereocenters. The van der Waals surface area contributed by atoms with Gasteiger partial charge in [0.15, 0.2) is 0 Å². The number of carbonyl (C=O) groups excluding carboxylic acids is 2. The molecule has 0 radical (unpaired) electrons. The third-order valence-corrected chi connectivity index (χ3v) is 6.90. The Kier molecular flexibility index (Phi) is 7.40. The lowest BCUT2D eigenvalue weighted by molar-refractivity contribution is -0.127. The lowest BCUT2D eigenvalue weighted by Crippen LogP contribution is -2.40. The first-order chi connectivity index (χ1) is 14.0. The van der Waals surface area contributed by atoms with Crippen LogP contribution in [0.5, 0.6) is 0 Å². The van der Waals surface area contributed by atoms with Gasteiger partial charge in [-0.1, -0.05) is 12.1 Å². The molecule has 0 aliphatic carbocycles. The van der Waals surface area contributed by atoms with Crippen molar-refractivity contribution in [1.82, 2.24) is 14.5 Å². The summed E-state index contributed by atoms with van der Waals surface area (Å²) < 4.78 is 31.8. The van der Waals surface area contributed by atoms with E-state index in [1.165, 1.54) is 10.4 Å². The Labute approximate surface area is 171 Å². The highest BCUT2D eigenvalue weighted by Gasteiger charge is 2.26. The van der Waals surface area contributed by atoms with E-state index in [0.29, 0.717) is 45.8 Å². The van der Waals surface area contributed by atoms with Crippen molar-refractivity contribution in [3.63, 3.8) is 0 Å². The average molecular weight is 422 g/mol. The molecule has 2 amide bonds. The van der Waals surface area contributed by atoms with E-state index < -0.39 is 10.0 Å². The van der Waals surface area contributed by atoms with Gasteiger partial charge in [-0.2, -0.15) is 4.31 Å². The van der Waals surface area contributed by atoms with Crippen LogP contribution in [0.3, 0.4) is 0 Å². The first-order valence-corrected chi connectivity index (χ1v) is 11.3. The van der Waals surface area contributed by atoms with Crippen molar-refractivity contribution in [2.24, 2.45) is 0 Å². The highest BCUT2D eigenvalue weighted by atomic mass is 32.2. The molecule has 0 spiro atoms. The third-order valence-electron chi connectivity index (χ3n) is 4.99. The maximum atomic E-state index is 12.6. The molecule has 3 rings (SSSR count). The Bertz CT molecular complexity index is 845. The predicted octanol–water partition coefficient (Wildman–Crippen LogP) is 0.849. The number of sulfonamides is 1. The van der Waals surface area contributed by atoms with Crippen molar-refractivity contribution >= 4 is 27.9 Å². The van der Waals surface area contributed by atoms with Crippen LogP contribution in [0.1, 0.15) is 24.8 Å². The standard InChI is InChI=1S/C20H27N3O5S/c24-19(21-10-2-12-22-11-1-3-20(22)25)9-6-17-4-7-18(8-5-17)29(26,27)23-13-15-28-16-14-23/h4-9H,1-3,10-16H2,(H,21,24). The van der Waals surface area contributed by atoms with E-state index in [4.69, 9.17) is 4.74 Å². The molecule has 1 aromatic rings. The average Bonchev–Trinajstić information content (AvgIpc) is 3.15. The number of likely N-dealkylation sites (tertiary alicyclic amines) is 1. The summed E-state index contributed by atoms with van der Waals surface area (Å²) in [5.74, 6) is -0.0296. The zero-order valence-corrected chi connectivity index (χ0v) is 17.2. The Morgan fingerprint density at radius 2 is 1.86 bits per heavy atom. The number of amides is 2. The van der Waals surface area contributed by atoms with Gasteiger partial charge in [0, 0.05) is 45.2 Å². The molecular formula is C20H27N3O5S. The Balaban J connectivity index is 1.45. The van der Waals surface area contributed by atoms with E-state index in [2.05, 4.69) is 5.32 Å². The second-order valence-electron chi connectivity index (χ2n) is 7.05. The SMILES string of the molecule is O=C(C=Cc1ccc(S(=O)(=O)N2CCOCC2)cc1)NCCCN1CCCC1=O. The number of nitrogens with one attached hydrogen (secondary N) is 1. The number of morpholine rings is 1. The van der Waals surface area contributed by atoms with E-state index in [9.17, 15) is 18.0 Å². The van der Waals surface area contributed by atoms with Crippen molar-refractivity contribution in [1.29, 1.82) is 0 Å². The van der Waals surface area contributed by atoms with E-state index in [1.54, 1.807) is 30.3 Å². The van der Waals surface area contributed by atoms with E-state index in [1.807, 2.05) is 4.90 Å². The quantitative estimate of drug-likeness (QED) is 0.496. The molecule has 29 heavy (non-hydrogen) atoms. The summed E-state index contributed by atoms with van der Waals surface area (Å²) in [4.78, 5) is 25.5. The summed E-state index contributed by atoms with van der Waals surface area (Å²) in [5.41, 5.74) is 0.740. The minimum atomic E-state index is -3.51. The van der Waals surface area contributed by atoms with Crippen LogP contribution < -0.4 is 5.32 Å². The minimum Gasteiger partial charge on any atom is -0.379 e. The topological polar surface area (TPSA) is 96.0 Å². The Morgan fingerprint density at radius 1 is 1.14 bits per heavy atom. The number of ether oxygens (including phenoxy) is 1. The fourth-order valence-corrected chi connectivity index (χ4v) is 4.75. The molecule has 2 heterocycles. The van der Waals surface area contributed by atoms with Gasteiger partial charge in [-0.25, -0.2) is 8.42 Å². The molecule has 9 heteroatoms. The molecule has 1 N–H and O–H groups in total. The molecule has 0 saturated carbocycles. The number of hydrogen-bond donors (Lipinski definition) is 1. The summed E-state index contributed by atoms with van der Waals surface area (Å²) in [6.07, 6.45) is 5.33. The second-order valence-corrected chi connectivity index (χ2v) is 8.99. The lowest BCUT2D eigenvalue weighted by Gasteiger charge is -2.26. The zero-order valence-electron chi connectivity index (χ0n) is 16.4. The molecule has 0 aromatic heterocycles. The van der Waals surface area contributed by atoms with E-state index >= 15 is 0 Å². The van der Waals surface area contributed by atoms with Gasteiger partial charge in [-0.05, 0) is 36.6 Å². The second kappa shape index (κ2) is 10.00. The monoisotopic (exact) mass is 421 g/mol. The summed E-state index contributed by atoms with van der Waals surface area (Å²) in [7, 11) is -3.51. The molecule has 2 saturated heterocycles. The summed E-state index contributed by atoms with van der Waals surface area (Å²) >= 11 is 0. The van der Waals surface area contributed by atoms with Crippen LogP contribution in [0.15, 0.2) is 35.2 Å². The fraction of sp³-hybridized carbons (Fsp3) is 0.500. The first kappa shape index (κ1) is 21.5. The number of hydrogen-bond acceptors (Lipinski definition) is 5. The molecule has 2 aliphatic rings. The van der Waals surface area contributed by atoms with Crippen LogP contribution in [0.4, 0.5) is 0 Å². The molecule has 2 fully saturated rings. The number of rotatable bonds is 8. The largest absolute Gasteiger partial charge is 0.379 e. The van der Waals surface area contributed by atoms with Gasteiger partial charge in [-0.15, -0.1) is 0 Å². The summed E-state index contributed by atoms with van der Waals surface area (Å²) in [6, 6.07) is 6.46. The maximum Gasteiger partial charge on any atom is 0.244 e. The van der Waals surface area contributed by atoms with Gasteiger partial charge in [0.1, 0.15) is 0 Å². The summed E-state index contributed by atoms with van der Waals surface area (Å²) in [5, 5.41) is 2.79. The highest BCUT2D eigenvalue weighted by molar-refractivity contribution is 7.89. The van der Waals surface area contributed by atoms with Gasteiger partial charge in [-0.3, -0.25) is 9.59 Å². The number of carbonyl (C=O) groups is 2. The van der Waals surface area contributed by atoms with Crippen LogP contribution in [-0.2, 0) is 24.3 Å². The predicted molar refractivity (Wildman–Crippen MR) is 108 cm³/mol. The zero-order chi connectivity index (χ0) is 20.7. The Morgan fingerprint density at radius 3 is 2.52 bits per heavy atom. The molecule has 1 aromatic carbocycles. The first-order valence-electron chi connectivity index (χ1n) is 9.88. The van der Waals surface area contributed by atoms with Crippen molar-refractivity contribution in [3.05, 3.63) is 35.9 Å². The van der Waals surface area contributed by atoms with Crippen LogP contribution in [0, 0.1) is 0 Å². The van der Waals surface area contributed by atoms with Crippen LogP contribution in [0.25, 0.3) is 6.08 Å². The van der Waals surface area contributed by atoms with Gasteiger partial charge < -0.3 is 15.0 Å². The normalized spacial score (nSPS) is 18.5. The number of nitrogens with zero attached hydrogens (tertiary/aromatic N) is 2. The third kappa shape index (κ3) is 5.88. The van der Waals surface area contributed by atoms with Crippen LogP contribution in [-0.4, -0.2) is 75.4 Å². The van der Waals surface area contributed by atoms with E-state index in [0.717, 1.165) is 24.9 Å². The van der Waals surface area contributed by atoms with Crippen LogP contribution >= 0.6 is 0 Å². The Hall–Kier alpha value is -2.23. The lowest BCUT2D eigenvalue weighted by atomic mass is 10.2. The summed E-state index contributed by atoms with van der Waals surface area (Å²) in [6.45, 7) is 3.51. The fourth-order valence-electron chi connectivity index (χ4n) is 3.34. The van der Waals surface area contributed by atoms with Crippen LogP contribution in [0.2, 0.25) is 0 Å². The minimum absolute atomic E-state index is 0.190. The number of benzene rings is 1. The molecule has 2 aliphatic heterocycles. The van der Waals surface area contributed by atoms with E-state index in [-0.39, 0.29) is 16.7 Å². The van der Waals surface area contributed by atoms with Gasteiger partial charge in [0.25, 0.3) is 0 Å². The van der Waals surface area contributed by atoms with Crippen molar-refractivity contribution in [2.75, 3.05) is 45.9 Å². The molecule has 158 valence electrons. The van der Waals surface area contributed by atoms with Gasteiger partial charge in [0.2, 0.25) is 21.8 Å². The molecule has 0 unspecified atom stereocenters. The van der Waals surface area contributed by atoms with Crippen molar-refractivity contribution in [3.8, 4) is 0 Å². The maximum absolute atomic E-state index is 12.6. The van der Waals surface area contributed by atoms with Gasteiger partial charge >= 0.3 is 0 Å². The van der Waals surface area contributed by atoms with Gasteiger partial charge in [0.05, 0.1) is 18.1 Å². The molecular weight excluding hydrogens is 394 g/mol. The molecule has 8 nitrogen and oxygen atoms in total. The molecule has 0 bridgehead atoms. The highest BCUT2D eigenvalue weighted by Crippen LogP contribution is 2.18. The van der Waals surface area contributed by atoms with Crippen molar-refractivity contribution in [2.45, 2.75) is 24.2 Å². The van der Waals surface area contributed by atoms with Crippen molar-refractivity contribution < 1.29 is 22.7 Å².